The first kappa shape index (κ1) is 22.6. The van der Waals surface area contributed by atoms with Crippen molar-refractivity contribution in [1.82, 2.24) is 5.32 Å². The molecule has 0 atom stereocenters. The van der Waals surface area contributed by atoms with E-state index in [4.69, 9.17) is 13.7 Å². The molecule has 0 saturated heterocycles. The molecule has 0 aliphatic rings. The number of carbonyl (C=O) groups is 1. The van der Waals surface area contributed by atoms with E-state index in [1.807, 2.05) is 45.0 Å². The zero-order valence-electron chi connectivity index (χ0n) is 17.5. The van der Waals surface area contributed by atoms with Crippen molar-refractivity contribution in [2.45, 2.75) is 58.4 Å². The number of carbonyl (C=O) groups excluding carboxylic acids is 1. The van der Waals surface area contributed by atoms with Gasteiger partial charge in [0.15, 0.2) is 0 Å². The van der Waals surface area contributed by atoms with Gasteiger partial charge < -0.3 is 19.0 Å². The quantitative estimate of drug-likeness (QED) is 0.679. The van der Waals surface area contributed by atoms with Gasteiger partial charge >= 0.3 is 6.09 Å². The number of amides is 1. The second kappa shape index (κ2) is 9.00. The lowest BCUT2D eigenvalue weighted by molar-refractivity contribution is 0.0523. The van der Waals surface area contributed by atoms with E-state index in [9.17, 15) is 4.79 Å². The van der Waals surface area contributed by atoms with Crippen LogP contribution in [0.3, 0.4) is 0 Å². The van der Waals surface area contributed by atoms with Crippen LogP contribution in [0, 0.1) is 0 Å². The Balaban J connectivity index is 2.36. The van der Waals surface area contributed by atoms with Gasteiger partial charge in [0.25, 0.3) is 0 Å². The fourth-order valence-corrected chi connectivity index (χ4v) is 2.61. The minimum atomic E-state index is -1.12. The molecule has 0 aliphatic carbocycles. The lowest BCUT2D eigenvalue weighted by atomic mass is 10.2. The molecule has 0 unspecified atom stereocenters. The lowest BCUT2D eigenvalue weighted by Crippen LogP contribution is -2.32. The first-order chi connectivity index (χ1) is 11.8. The van der Waals surface area contributed by atoms with Crippen LogP contribution in [-0.4, -0.2) is 42.2 Å². The van der Waals surface area contributed by atoms with Crippen molar-refractivity contribution in [1.29, 1.82) is 0 Å². The van der Waals surface area contributed by atoms with Gasteiger partial charge in [-0.25, -0.2) is 4.79 Å². The molecule has 6 heteroatoms. The number of hydrogen-bond donors (Lipinski definition) is 1. The maximum absolute atomic E-state index is 11.7. The first-order valence-corrected chi connectivity index (χ1v) is 11.2. The summed E-state index contributed by atoms with van der Waals surface area (Å²) in [5, 5.41) is 2.74. The zero-order chi connectivity index (χ0) is 20.0. The van der Waals surface area contributed by atoms with Crippen LogP contribution in [-0.2, 0) is 15.5 Å². The minimum Gasteiger partial charge on any atom is -0.491 e. The topological polar surface area (TPSA) is 56.8 Å². The Bertz CT molecular complexity index is 571. The molecule has 0 aliphatic heterocycles. The largest absolute Gasteiger partial charge is 0.491 e. The molecule has 1 amide bonds. The molecule has 1 aromatic carbocycles. The monoisotopic (exact) mass is 385 g/mol. The second-order valence-corrected chi connectivity index (χ2v) is 12.4. The van der Waals surface area contributed by atoms with E-state index in [-0.39, 0.29) is 4.75 Å². The molecule has 5 nitrogen and oxygen atoms in total. The van der Waals surface area contributed by atoms with Crippen LogP contribution in [0.15, 0.2) is 24.3 Å². The van der Waals surface area contributed by atoms with Crippen LogP contribution in [0.2, 0.25) is 0 Å². The third-order valence-electron chi connectivity index (χ3n) is 3.96. The predicted molar refractivity (Wildman–Crippen MR) is 110 cm³/mol. The number of alkyl carbamates (subject to hydrolysis) is 1. The maximum atomic E-state index is 11.7. The van der Waals surface area contributed by atoms with E-state index in [1.54, 1.807) is 0 Å². The van der Waals surface area contributed by atoms with Crippen LogP contribution in [0.1, 0.15) is 47.1 Å². The van der Waals surface area contributed by atoms with Gasteiger partial charge in [0.1, 0.15) is 18.0 Å². The van der Waals surface area contributed by atoms with Gasteiger partial charge in [0.05, 0.1) is 6.61 Å². The molecule has 150 valence electrons. The van der Waals surface area contributed by atoms with Gasteiger partial charge in [-0.2, -0.15) is 0 Å². The van der Waals surface area contributed by atoms with Crippen LogP contribution in [0.5, 0.6) is 5.75 Å². The van der Waals surface area contributed by atoms with E-state index >= 15 is 0 Å². The van der Waals surface area contributed by atoms with E-state index in [2.05, 4.69) is 38.6 Å². The highest BCUT2D eigenvalue weighted by Gasteiger charge is 2.28. The molecular weight excluding hydrogens is 350 g/mol. The van der Waals surface area contributed by atoms with E-state index in [0.717, 1.165) is 11.3 Å². The summed E-state index contributed by atoms with van der Waals surface area (Å²) in [5.74, 6) is 0.790. The van der Waals surface area contributed by atoms with Crippen LogP contribution in [0.4, 0.5) is 4.79 Å². The molecule has 26 heavy (non-hydrogen) atoms. The van der Waals surface area contributed by atoms with Gasteiger partial charge in [-0.3, -0.25) is 0 Å². The summed E-state index contributed by atoms with van der Waals surface area (Å²) in [6, 6.07) is 7.65. The van der Waals surface area contributed by atoms with Crippen LogP contribution < -0.4 is 10.1 Å². The summed E-state index contributed by atoms with van der Waals surface area (Å²) in [7, 11) is -1.12. The normalized spacial score (nSPS) is 13.2. The zero-order valence-corrected chi connectivity index (χ0v) is 18.3. The summed E-state index contributed by atoms with van der Waals surface area (Å²) in [4.78, 5) is 11.7. The molecule has 1 rings (SSSR count). The lowest BCUT2D eigenvalue weighted by Gasteiger charge is -2.43. The maximum Gasteiger partial charge on any atom is 0.407 e. The Hall–Kier alpha value is -1.40. The molecule has 0 bridgehead atoms. The summed E-state index contributed by atoms with van der Waals surface area (Å²) >= 11 is 0. The molecule has 0 spiro atoms. The highest BCUT2D eigenvalue weighted by atomic mass is 32.3. The SMILES string of the molecule is CC(C)(C)OC(=O)NCc1ccc(OCCOS(C)(C)C(C)(C)C)cc1. The number of benzene rings is 1. The van der Waals surface area contributed by atoms with Gasteiger partial charge in [0, 0.05) is 11.3 Å². The van der Waals surface area contributed by atoms with E-state index in [1.165, 1.54) is 0 Å². The summed E-state index contributed by atoms with van der Waals surface area (Å²) in [6.07, 6.45) is 3.94. The Kier molecular flexibility index (Phi) is 7.84. The molecule has 0 aromatic heterocycles. The van der Waals surface area contributed by atoms with Crippen molar-refractivity contribution in [2.24, 2.45) is 0 Å². The Morgan fingerprint density at radius 2 is 1.58 bits per heavy atom. The van der Waals surface area contributed by atoms with Gasteiger partial charge in [-0.1, -0.05) is 32.9 Å². The third-order valence-corrected chi connectivity index (χ3v) is 7.67. The molecule has 1 aromatic rings. The van der Waals surface area contributed by atoms with Crippen molar-refractivity contribution in [2.75, 3.05) is 25.7 Å². The Morgan fingerprint density at radius 3 is 2.08 bits per heavy atom. The van der Waals surface area contributed by atoms with Gasteiger partial charge in [-0.15, -0.1) is 10.3 Å². The molecule has 0 heterocycles. The Labute approximate surface area is 160 Å². The summed E-state index contributed by atoms with van der Waals surface area (Å²) < 4.78 is 17.1. The number of ether oxygens (including phenoxy) is 2. The van der Waals surface area contributed by atoms with Gasteiger partial charge in [-0.05, 0) is 51.0 Å². The average molecular weight is 386 g/mol. The number of nitrogens with one attached hydrogen (secondary N) is 1. The summed E-state index contributed by atoms with van der Waals surface area (Å²) in [6.45, 7) is 13.6. The van der Waals surface area contributed by atoms with Crippen molar-refractivity contribution in [3.63, 3.8) is 0 Å². The minimum absolute atomic E-state index is 0.149. The predicted octanol–water partition coefficient (Wildman–Crippen LogP) is 4.88. The van der Waals surface area contributed by atoms with Gasteiger partial charge in [0.2, 0.25) is 0 Å². The van der Waals surface area contributed by atoms with Crippen molar-refractivity contribution >= 4 is 16.4 Å². The van der Waals surface area contributed by atoms with E-state index in [0.29, 0.717) is 19.8 Å². The fourth-order valence-electron chi connectivity index (χ4n) is 1.77. The average Bonchev–Trinajstić information content (AvgIpc) is 2.48. The molecular formula is C20H35NO4S. The van der Waals surface area contributed by atoms with E-state index < -0.39 is 22.0 Å². The molecule has 0 fully saturated rings. The third kappa shape index (κ3) is 8.32. The van der Waals surface area contributed by atoms with Crippen LogP contribution in [0.25, 0.3) is 0 Å². The second-order valence-electron chi connectivity index (χ2n) is 8.52. The van der Waals surface area contributed by atoms with Crippen molar-refractivity contribution < 1.29 is 18.5 Å². The van der Waals surface area contributed by atoms with Crippen molar-refractivity contribution in [3.05, 3.63) is 29.8 Å². The number of hydrogen-bond acceptors (Lipinski definition) is 4. The molecule has 0 saturated carbocycles. The summed E-state index contributed by atoms with van der Waals surface area (Å²) in [5.41, 5.74) is 0.491. The first-order valence-electron chi connectivity index (χ1n) is 8.86. The number of rotatable bonds is 7. The molecule has 1 N–H and O–H groups in total. The van der Waals surface area contributed by atoms with Crippen LogP contribution >= 0.6 is 10.3 Å². The Morgan fingerprint density at radius 1 is 1.00 bits per heavy atom. The highest BCUT2D eigenvalue weighted by molar-refractivity contribution is 8.29. The fraction of sp³-hybridized carbons (Fsp3) is 0.650. The standard InChI is InChI=1S/C20H35NO4S/c1-19(2,3)25-18(22)21-15-16-9-11-17(12-10-16)23-13-14-24-26(7,8)20(4,5)6/h9-12H,13-15H2,1-8H3,(H,21,22). The smallest absolute Gasteiger partial charge is 0.407 e. The molecule has 0 radical (unpaired) electrons. The highest BCUT2D eigenvalue weighted by Crippen LogP contribution is 2.53. The van der Waals surface area contributed by atoms with Crippen molar-refractivity contribution in [3.8, 4) is 5.75 Å².